The van der Waals surface area contributed by atoms with Crippen LogP contribution in [0, 0.1) is 19.8 Å². The summed E-state index contributed by atoms with van der Waals surface area (Å²) in [4.78, 5) is 25.5. The Labute approximate surface area is 161 Å². The quantitative estimate of drug-likeness (QED) is 0.762. The van der Waals surface area contributed by atoms with Crippen LogP contribution in [-0.2, 0) is 4.79 Å². The summed E-state index contributed by atoms with van der Waals surface area (Å²) in [6.07, 6.45) is 1.56. The van der Waals surface area contributed by atoms with Crippen molar-refractivity contribution in [3.63, 3.8) is 0 Å². The molecule has 0 bridgehead atoms. The molecule has 1 aliphatic rings. The van der Waals surface area contributed by atoms with Gasteiger partial charge in [-0.3, -0.25) is 9.59 Å². The number of carbonyl (C=O) groups excluding carboxylic acids is 2. The average molecular weight is 369 g/mol. The molecule has 0 saturated carbocycles. The highest BCUT2D eigenvalue weighted by Crippen LogP contribution is 2.25. The van der Waals surface area contributed by atoms with Gasteiger partial charge >= 0.3 is 0 Å². The third-order valence-corrected chi connectivity index (χ3v) is 5.96. The van der Waals surface area contributed by atoms with Gasteiger partial charge in [0.1, 0.15) is 6.54 Å². The molecule has 3 N–H and O–H groups in total. The molecule has 2 heterocycles. The highest BCUT2D eigenvalue weighted by molar-refractivity contribution is 5.98. The second-order valence-electron chi connectivity index (χ2n) is 7.77. The van der Waals surface area contributed by atoms with Crippen LogP contribution in [0.15, 0.2) is 36.4 Å². The summed E-state index contributed by atoms with van der Waals surface area (Å²) in [5, 5.41) is 0. The topological polar surface area (TPSA) is 69.5 Å². The van der Waals surface area contributed by atoms with E-state index in [4.69, 9.17) is 5.73 Å². The number of nitrogens with one attached hydrogen (secondary N) is 1. The number of likely N-dealkylation sites (tertiary alicyclic amines) is 1. The molecule has 1 aromatic carbocycles. The molecular formula is C22H30N3O2+. The number of aromatic nitrogens is 1. The molecule has 3 rings (SSSR count). The molecule has 1 amide bonds. The van der Waals surface area contributed by atoms with Gasteiger partial charge in [-0.05, 0) is 32.4 Å². The first kappa shape index (κ1) is 19.4. The number of primary amides is 1. The van der Waals surface area contributed by atoms with Gasteiger partial charge in [0.25, 0.3) is 0 Å². The van der Waals surface area contributed by atoms with Gasteiger partial charge in [-0.15, -0.1) is 0 Å². The molecule has 0 unspecified atom stereocenters. The molecule has 2 aromatic rings. The molecule has 5 nitrogen and oxygen atoms in total. The number of hydrogen-bond donors (Lipinski definition) is 2. The molecule has 1 aromatic heterocycles. The predicted octanol–water partition coefficient (Wildman–Crippen LogP) is 1.68. The van der Waals surface area contributed by atoms with Crippen molar-refractivity contribution in [2.45, 2.75) is 39.7 Å². The number of amides is 1. The predicted molar refractivity (Wildman–Crippen MR) is 106 cm³/mol. The minimum atomic E-state index is -0.209. The normalized spacial score (nSPS) is 21.0. The lowest BCUT2D eigenvalue weighted by Crippen LogP contribution is -3.14. The van der Waals surface area contributed by atoms with Crippen molar-refractivity contribution in [1.29, 1.82) is 0 Å². The van der Waals surface area contributed by atoms with Gasteiger partial charge in [-0.25, -0.2) is 0 Å². The van der Waals surface area contributed by atoms with Crippen LogP contribution >= 0.6 is 0 Å². The smallest absolute Gasteiger partial charge is 0.220 e. The molecule has 27 heavy (non-hydrogen) atoms. The standard InChI is InChI=1S/C22H29N3O2/c1-15-13-20(17(3)25(15)16(2)18-7-5-4-6-8-18)21(26)14-24-11-9-19(10-12-24)22(23)27/h4-8,13,16,19H,9-12,14H2,1-3H3,(H2,23,27)/p+1/t16-/m0/s1. The minimum Gasteiger partial charge on any atom is -0.369 e. The summed E-state index contributed by atoms with van der Waals surface area (Å²) in [7, 11) is 0. The first-order valence-electron chi connectivity index (χ1n) is 9.78. The highest BCUT2D eigenvalue weighted by Gasteiger charge is 2.28. The van der Waals surface area contributed by atoms with Crippen LogP contribution in [0.25, 0.3) is 0 Å². The van der Waals surface area contributed by atoms with Crippen molar-refractivity contribution in [3.8, 4) is 0 Å². The fourth-order valence-corrected chi connectivity index (χ4v) is 4.35. The lowest BCUT2D eigenvalue weighted by Gasteiger charge is -2.27. The van der Waals surface area contributed by atoms with E-state index in [-0.39, 0.29) is 23.7 Å². The zero-order valence-corrected chi connectivity index (χ0v) is 16.5. The van der Waals surface area contributed by atoms with E-state index in [1.807, 2.05) is 31.2 Å². The van der Waals surface area contributed by atoms with Gasteiger partial charge in [0, 0.05) is 35.7 Å². The van der Waals surface area contributed by atoms with Crippen molar-refractivity contribution < 1.29 is 14.5 Å². The number of benzene rings is 1. The number of hydrogen-bond acceptors (Lipinski definition) is 2. The summed E-state index contributed by atoms with van der Waals surface area (Å²) in [5.74, 6) is -0.0541. The van der Waals surface area contributed by atoms with Gasteiger partial charge in [-0.1, -0.05) is 30.3 Å². The van der Waals surface area contributed by atoms with Crippen molar-refractivity contribution in [3.05, 3.63) is 58.9 Å². The van der Waals surface area contributed by atoms with Gasteiger partial charge in [0.2, 0.25) is 11.7 Å². The van der Waals surface area contributed by atoms with Crippen LogP contribution in [0.5, 0.6) is 0 Å². The number of rotatable bonds is 6. The van der Waals surface area contributed by atoms with E-state index < -0.39 is 0 Å². The summed E-state index contributed by atoms with van der Waals surface area (Å²) in [6.45, 7) is 8.42. The average Bonchev–Trinajstić information content (AvgIpc) is 2.96. The van der Waals surface area contributed by atoms with E-state index >= 15 is 0 Å². The Bertz CT molecular complexity index is 818. The summed E-state index contributed by atoms with van der Waals surface area (Å²) >= 11 is 0. The number of ketones is 1. The Morgan fingerprint density at radius 1 is 1.19 bits per heavy atom. The molecule has 144 valence electrons. The summed E-state index contributed by atoms with van der Waals surface area (Å²) < 4.78 is 2.25. The van der Waals surface area contributed by atoms with E-state index in [0.717, 1.165) is 42.9 Å². The van der Waals surface area contributed by atoms with Crippen molar-refractivity contribution in [2.24, 2.45) is 11.7 Å². The fourth-order valence-electron chi connectivity index (χ4n) is 4.35. The minimum absolute atomic E-state index is 0.0272. The number of aryl methyl sites for hydroxylation is 1. The lowest BCUT2D eigenvalue weighted by atomic mass is 9.96. The Hall–Kier alpha value is -2.40. The van der Waals surface area contributed by atoms with E-state index in [9.17, 15) is 9.59 Å². The molecule has 1 aliphatic heterocycles. The molecular weight excluding hydrogens is 338 g/mol. The second-order valence-corrected chi connectivity index (χ2v) is 7.77. The first-order valence-corrected chi connectivity index (χ1v) is 9.78. The Morgan fingerprint density at radius 2 is 1.81 bits per heavy atom. The van der Waals surface area contributed by atoms with Gasteiger partial charge in [0.05, 0.1) is 19.1 Å². The monoisotopic (exact) mass is 368 g/mol. The van der Waals surface area contributed by atoms with E-state index in [2.05, 4.69) is 30.5 Å². The number of carbonyl (C=O) groups is 2. The van der Waals surface area contributed by atoms with E-state index in [0.29, 0.717) is 6.54 Å². The van der Waals surface area contributed by atoms with E-state index in [1.54, 1.807) is 0 Å². The van der Waals surface area contributed by atoms with Crippen LogP contribution in [0.4, 0.5) is 0 Å². The largest absolute Gasteiger partial charge is 0.369 e. The molecule has 0 spiro atoms. The highest BCUT2D eigenvalue weighted by atomic mass is 16.1. The number of Topliss-reactive ketones (excluding diaryl/α,β-unsaturated/α-hetero) is 1. The number of nitrogens with zero attached hydrogens (tertiary/aromatic N) is 1. The first-order chi connectivity index (χ1) is 12.9. The summed E-state index contributed by atoms with van der Waals surface area (Å²) in [6, 6.07) is 12.6. The third-order valence-electron chi connectivity index (χ3n) is 5.96. The maximum absolute atomic E-state index is 12.9. The third kappa shape index (κ3) is 4.14. The maximum Gasteiger partial charge on any atom is 0.220 e. The maximum atomic E-state index is 12.9. The van der Waals surface area contributed by atoms with Crippen LogP contribution in [0.1, 0.15) is 53.1 Å². The second kappa shape index (κ2) is 8.09. The number of piperidine rings is 1. The Morgan fingerprint density at radius 3 is 2.41 bits per heavy atom. The molecule has 0 radical (unpaired) electrons. The number of quaternary nitrogens is 1. The molecule has 5 heteroatoms. The Kier molecular flexibility index (Phi) is 5.80. The zero-order valence-electron chi connectivity index (χ0n) is 16.5. The van der Waals surface area contributed by atoms with Crippen LogP contribution in [0.3, 0.4) is 0 Å². The Balaban J connectivity index is 1.72. The van der Waals surface area contributed by atoms with Gasteiger partial charge in [0.15, 0.2) is 0 Å². The van der Waals surface area contributed by atoms with Gasteiger partial charge < -0.3 is 15.2 Å². The van der Waals surface area contributed by atoms with Gasteiger partial charge in [-0.2, -0.15) is 0 Å². The molecule has 1 saturated heterocycles. The van der Waals surface area contributed by atoms with Crippen molar-refractivity contribution in [1.82, 2.24) is 4.57 Å². The van der Waals surface area contributed by atoms with Crippen molar-refractivity contribution >= 4 is 11.7 Å². The zero-order chi connectivity index (χ0) is 19.6. The fraction of sp³-hybridized carbons (Fsp3) is 0.455. The molecule has 0 aliphatic carbocycles. The van der Waals surface area contributed by atoms with Crippen LogP contribution in [0.2, 0.25) is 0 Å². The van der Waals surface area contributed by atoms with Crippen LogP contribution < -0.4 is 10.6 Å². The SMILES string of the molecule is Cc1cc(C(=O)C[NH+]2CCC(C(N)=O)CC2)c(C)n1[C@@H](C)c1ccccc1. The summed E-state index contributed by atoms with van der Waals surface area (Å²) in [5.41, 5.74) is 9.59. The molecule has 1 fully saturated rings. The lowest BCUT2D eigenvalue weighted by molar-refractivity contribution is -0.897. The molecule has 1 atom stereocenters. The van der Waals surface area contributed by atoms with Crippen LogP contribution in [-0.4, -0.2) is 35.9 Å². The van der Waals surface area contributed by atoms with E-state index in [1.165, 1.54) is 10.5 Å². The number of nitrogens with two attached hydrogens (primary N) is 1. The van der Waals surface area contributed by atoms with Crippen molar-refractivity contribution in [2.75, 3.05) is 19.6 Å².